The molecular formula is C14H15ClN4O. The van der Waals surface area contributed by atoms with E-state index in [1.165, 1.54) is 5.56 Å². The third-order valence-electron chi connectivity index (χ3n) is 3.22. The molecule has 0 spiro atoms. The zero-order valence-electron chi connectivity index (χ0n) is 11.4. The Hall–Kier alpha value is -1.88. The molecule has 0 fully saturated rings. The number of hydrogen-bond donors (Lipinski definition) is 0. The molecule has 2 heterocycles. The van der Waals surface area contributed by atoms with Gasteiger partial charge in [0.2, 0.25) is 5.89 Å². The Balaban J connectivity index is 1.94. The number of fused-ring (bicyclic) bond motifs is 1. The van der Waals surface area contributed by atoms with Crippen LogP contribution in [0.4, 0.5) is 0 Å². The van der Waals surface area contributed by atoms with Crippen LogP contribution < -0.4 is 0 Å². The molecule has 0 aliphatic carbocycles. The minimum atomic E-state index is 0.386. The first-order valence-corrected chi connectivity index (χ1v) is 7.02. The molecule has 3 rings (SSSR count). The highest BCUT2D eigenvalue weighted by molar-refractivity contribution is 6.16. The molecule has 104 valence electrons. The molecule has 6 heteroatoms. The molecule has 0 bridgehead atoms. The summed E-state index contributed by atoms with van der Waals surface area (Å²) in [6.07, 6.45) is 0.671. The SMILES string of the molecule is Cc1ccc2nc(CCl)n(CCc3nc(C)no3)c2c1. The normalized spacial score (nSPS) is 11.3. The summed E-state index contributed by atoms with van der Waals surface area (Å²) in [5.74, 6) is 2.54. The molecule has 20 heavy (non-hydrogen) atoms. The smallest absolute Gasteiger partial charge is 0.228 e. The number of aromatic nitrogens is 4. The summed E-state index contributed by atoms with van der Waals surface area (Å²) < 4.78 is 7.26. The molecular weight excluding hydrogens is 276 g/mol. The summed E-state index contributed by atoms with van der Waals surface area (Å²) >= 11 is 5.99. The molecule has 0 saturated carbocycles. The molecule has 5 nitrogen and oxygen atoms in total. The molecule has 0 saturated heterocycles. The van der Waals surface area contributed by atoms with Crippen molar-refractivity contribution in [2.75, 3.05) is 0 Å². The fourth-order valence-electron chi connectivity index (χ4n) is 2.28. The Bertz CT molecular complexity index is 747. The highest BCUT2D eigenvalue weighted by Crippen LogP contribution is 2.19. The lowest BCUT2D eigenvalue weighted by Crippen LogP contribution is -2.05. The minimum Gasteiger partial charge on any atom is -0.339 e. The standard InChI is InChI=1S/C14H15ClN4O/c1-9-3-4-11-12(7-9)19(13(8-15)17-11)6-5-14-16-10(2)18-20-14/h3-4,7H,5-6,8H2,1-2H3. The van der Waals surface area contributed by atoms with Gasteiger partial charge in [-0.15, -0.1) is 11.6 Å². The van der Waals surface area contributed by atoms with E-state index in [1.807, 2.05) is 13.0 Å². The maximum atomic E-state index is 5.99. The highest BCUT2D eigenvalue weighted by atomic mass is 35.5. The second-order valence-electron chi connectivity index (χ2n) is 4.79. The molecule has 3 aromatic rings. The predicted octanol–water partition coefficient (Wildman–Crippen LogP) is 3.02. The summed E-state index contributed by atoms with van der Waals surface area (Å²) in [5.41, 5.74) is 3.26. The van der Waals surface area contributed by atoms with Crippen molar-refractivity contribution in [3.63, 3.8) is 0 Å². The van der Waals surface area contributed by atoms with E-state index >= 15 is 0 Å². The van der Waals surface area contributed by atoms with Crippen LogP contribution >= 0.6 is 11.6 Å². The zero-order chi connectivity index (χ0) is 14.1. The Labute approximate surface area is 121 Å². The van der Waals surface area contributed by atoms with E-state index in [0.29, 0.717) is 24.0 Å². The molecule has 2 aromatic heterocycles. The molecule has 0 atom stereocenters. The number of alkyl halides is 1. The Kier molecular flexibility index (Phi) is 3.44. The van der Waals surface area contributed by atoms with E-state index in [1.54, 1.807) is 0 Å². The zero-order valence-corrected chi connectivity index (χ0v) is 12.2. The van der Waals surface area contributed by atoms with Crippen molar-refractivity contribution in [3.8, 4) is 0 Å². The third-order valence-corrected chi connectivity index (χ3v) is 3.46. The van der Waals surface area contributed by atoms with Crippen LogP contribution in [0, 0.1) is 13.8 Å². The van der Waals surface area contributed by atoms with Crippen LogP contribution in [0.1, 0.15) is 23.1 Å². The van der Waals surface area contributed by atoms with E-state index in [-0.39, 0.29) is 0 Å². The number of rotatable bonds is 4. The number of nitrogens with zero attached hydrogens (tertiary/aromatic N) is 4. The Morgan fingerprint density at radius 1 is 1.25 bits per heavy atom. The molecule has 0 radical (unpaired) electrons. The maximum Gasteiger partial charge on any atom is 0.228 e. The van der Waals surface area contributed by atoms with Gasteiger partial charge >= 0.3 is 0 Å². The number of hydrogen-bond acceptors (Lipinski definition) is 4. The van der Waals surface area contributed by atoms with Gasteiger partial charge in [0, 0.05) is 13.0 Å². The monoisotopic (exact) mass is 290 g/mol. The van der Waals surface area contributed by atoms with Crippen molar-refractivity contribution in [2.45, 2.75) is 32.7 Å². The van der Waals surface area contributed by atoms with Crippen LogP contribution in [-0.2, 0) is 18.8 Å². The van der Waals surface area contributed by atoms with E-state index in [9.17, 15) is 0 Å². The van der Waals surface area contributed by atoms with Gasteiger partial charge in [-0.25, -0.2) is 4.98 Å². The van der Waals surface area contributed by atoms with Crippen LogP contribution in [0.5, 0.6) is 0 Å². The second kappa shape index (κ2) is 5.25. The van der Waals surface area contributed by atoms with Gasteiger partial charge in [-0.1, -0.05) is 11.2 Å². The number of imidazole rings is 1. The van der Waals surface area contributed by atoms with Crippen LogP contribution in [0.25, 0.3) is 11.0 Å². The van der Waals surface area contributed by atoms with Gasteiger partial charge in [0.15, 0.2) is 5.82 Å². The van der Waals surface area contributed by atoms with Gasteiger partial charge in [-0.3, -0.25) is 0 Å². The van der Waals surface area contributed by atoms with Crippen molar-refractivity contribution in [3.05, 3.63) is 41.3 Å². The first-order chi connectivity index (χ1) is 9.67. The average Bonchev–Trinajstić information content (AvgIpc) is 2.99. The summed E-state index contributed by atoms with van der Waals surface area (Å²) in [6.45, 7) is 4.61. The molecule has 0 N–H and O–H groups in total. The number of halogens is 1. The van der Waals surface area contributed by atoms with Gasteiger partial charge in [-0.05, 0) is 31.5 Å². The largest absolute Gasteiger partial charge is 0.339 e. The van der Waals surface area contributed by atoms with Crippen LogP contribution in [0.3, 0.4) is 0 Å². The molecule has 1 aromatic carbocycles. The summed E-state index contributed by atoms with van der Waals surface area (Å²) in [4.78, 5) is 8.77. The third kappa shape index (κ3) is 2.41. The first kappa shape index (κ1) is 13.1. The van der Waals surface area contributed by atoms with E-state index in [4.69, 9.17) is 16.1 Å². The topological polar surface area (TPSA) is 56.7 Å². The Morgan fingerprint density at radius 3 is 2.80 bits per heavy atom. The van der Waals surface area contributed by atoms with Gasteiger partial charge < -0.3 is 9.09 Å². The summed E-state index contributed by atoms with van der Waals surface area (Å²) in [7, 11) is 0. The Morgan fingerprint density at radius 2 is 2.10 bits per heavy atom. The van der Waals surface area contributed by atoms with Crippen molar-refractivity contribution in [1.82, 2.24) is 19.7 Å². The predicted molar refractivity (Wildman–Crippen MR) is 76.8 cm³/mol. The lowest BCUT2D eigenvalue weighted by Gasteiger charge is -2.06. The van der Waals surface area contributed by atoms with E-state index in [0.717, 1.165) is 23.4 Å². The fourth-order valence-corrected chi connectivity index (χ4v) is 2.49. The van der Waals surface area contributed by atoms with Crippen molar-refractivity contribution >= 4 is 22.6 Å². The van der Waals surface area contributed by atoms with Crippen molar-refractivity contribution < 1.29 is 4.52 Å². The number of aryl methyl sites for hydroxylation is 4. The van der Waals surface area contributed by atoms with Crippen LogP contribution in [-0.4, -0.2) is 19.7 Å². The maximum absolute atomic E-state index is 5.99. The fraction of sp³-hybridized carbons (Fsp3) is 0.357. The second-order valence-corrected chi connectivity index (χ2v) is 5.06. The molecule has 0 unspecified atom stereocenters. The van der Waals surface area contributed by atoms with Crippen molar-refractivity contribution in [2.24, 2.45) is 0 Å². The summed E-state index contributed by atoms with van der Waals surface area (Å²) in [6, 6.07) is 6.20. The van der Waals surface area contributed by atoms with Gasteiger partial charge in [-0.2, -0.15) is 4.98 Å². The number of benzene rings is 1. The average molecular weight is 291 g/mol. The quantitative estimate of drug-likeness (QED) is 0.693. The van der Waals surface area contributed by atoms with Crippen molar-refractivity contribution in [1.29, 1.82) is 0 Å². The summed E-state index contributed by atoms with van der Waals surface area (Å²) in [5, 5.41) is 3.80. The van der Waals surface area contributed by atoms with E-state index < -0.39 is 0 Å². The lowest BCUT2D eigenvalue weighted by atomic mass is 10.2. The minimum absolute atomic E-state index is 0.386. The van der Waals surface area contributed by atoms with Gasteiger partial charge in [0.25, 0.3) is 0 Å². The first-order valence-electron chi connectivity index (χ1n) is 6.48. The van der Waals surface area contributed by atoms with Gasteiger partial charge in [0.1, 0.15) is 5.82 Å². The van der Waals surface area contributed by atoms with Crippen LogP contribution in [0.15, 0.2) is 22.7 Å². The molecule has 0 aliphatic heterocycles. The molecule has 0 aliphatic rings. The van der Waals surface area contributed by atoms with Gasteiger partial charge in [0.05, 0.1) is 16.9 Å². The lowest BCUT2D eigenvalue weighted by molar-refractivity contribution is 0.368. The molecule has 0 amide bonds. The highest BCUT2D eigenvalue weighted by Gasteiger charge is 2.11. The van der Waals surface area contributed by atoms with Crippen LogP contribution in [0.2, 0.25) is 0 Å². The van der Waals surface area contributed by atoms with E-state index in [2.05, 4.69) is 38.7 Å².